The van der Waals surface area contributed by atoms with Crippen molar-refractivity contribution in [3.8, 4) is 21.8 Å². The predicted octanol–water partition coefficient (Wildman–Crippen LogP) is 4.96. The molecule has 0 saturated carbocycles. The second-order valence-electron chi connectivity index (χ2n) is 8.62. The van der Waals surface area contributed by atoms with Crippen LogP contribution in [0.15, 0.2) is 47.5 Å². The molecule has 0 aliphatic carbocycles. The number of benzene rings is 2. The molecular weight excluding hydrogens is 553 g/mol. The minimum atomic E-state index is -4.84. The normalized spacial score (nSPS) is 13.7. The second-order valence-corrected chi connectivity index (χ2v) is 11.2. The fraction of sp³-hybridized carbons (Fsp3) is 0.200. The SMILES string of the molecule is CNc1nccc(-c2sc(N3CCCC3=O)nc2-c2cccc(NS(=O)(=O)c3c(F)ccc(C)c3F)c2F)n1. The lowest BCUT2D eigenvalue weighted by Crippen LogP contribution is -2.23. The average molecular weight is 575 g/mol. The number of aryl methyl sites for hydroxylation is 1. The summed E-state index contributed by atoms with van der Waals surface area (Å²) in [5.74, 6) is -3.43. The summed E-state index contributed by atoms with van der Waals surface area (Å²) in [5.41, 5.74) is -0.220. The van der Waals surface area contributed by atoms with Crippen molar-refractivity contribution in [1.82, 2.24) is 15.0 Å². The maximum Gasteiger partial charge on any atom is 0.267 e. The van der Waals surface area contributed by atoms with E-state index in [2.05, 4.69) is 20.3 Å². The van der Waals surface area contributed by atoms with E-state index in [1.54, 1.807) is 13.1 Å². The molecular formula is C25H21F3N6O3S2. The van der Waals surface area contributed by atoms with Crippen LogP contribution in [0, 0.1) is 24.4 Å². The zero-order valence-electron chi connectivity index (χ0n) is 20.6. The summed E-state index contributed by atoms with van der Waals surface area (Å²) < 4.78 is 72.7. The first-order valence-electron chi connectivity index (χ1n) is 11.7. The number of halogens is 3. The fourth-order valence-corrected chi connectivity index (χ4v) is 6.47. The number of carbonyl (C=O) groups is 1. The van der Waals surface area contributed by atoms with Gasteiger partial charge in [0.1, 0.15) is 11.6 Å². The Morgan fingerprint density at radius 3 is 2.56 bits per heavy atom. The van der Waals surface area contributed by atoms with Crippen molar-refractivity contribution in [3.05, 3.63) is 65.6 Å². The van der Waals surface area contributed by atoms with E-state index in [-0.39, 0.29) is 22.7 Å². The number of sulfonamides is 1. The lowest BCUT2D eigenvalue weighted by atomic mass is 10.1. The molecule has 2 aromatic carbocycles. The largest absolute Gasteiger partial charge is 0.357 e. The summed E-state index contributed by atoms with van der Waals surface area (Å²) in [4.78, 5) is 26.2. The van der Waals surface area contributed by atoms with Crippen molar-refractivity contribution in [1.29, 1.82) is 0 Å². The monoisotopic (exact) mass is 574 g/mol. The Bertz CT molecular complexity index is 1710. The molecule has 4 aromatic rings. The number of hydrogen-bond donors (Lipinski definition) is 2. The molecule has 1 aliphatic rings. The molecule has 0 atom stereocenters. The van der Waals surface area contributed by atoms with E-state index in [1.807, 2.05) is 4.72 Å². The number of rotatable bonds is 7. The summed E-state index contributed by atoms with van der Waals surface area (Å²) in [6, 6.07) is 7.41. The minimum absolute atomic E-state index is 0.0899. The van der Waals surface area contributed by atoms with Gasteiger partial charge in [-0.15, -0.1) is 0 Å². The summed E-state index contributed by atoms with van der Waals surface area (Å²) in [6.07, 6.45) is 2.52. The Kier molecular flexibility index (Phi) is 6.99. The topological polar surface area (TPSA) is 117 Å². The Balaban J connectivity index is 1.63. The Labute approximate surface area is 225 Å². The third-order valence-corrected chi connectivity index (χ3v) is 8.54. The van der Waals surface area contributed by atoms with Crippen LogP contribution in [-0.2, 0) is 14.8 Å². The molecule has 9 nitrogen and oxygen atoms in total. The molecule has 1 saturated heterocycles. The quantitative estimate of drug-likeness (QED) is 0.320. The highest BCUT2D eigenvalue weighted by molar-refractivity contribution is 7.92. The first kappa shape index (κ1) is 26.6. The van der Waals surface area contributed by atoms with E-state index in [0.29, 0.717) is 41.0 Å². The highest BCUT2D eigenvalue weighted by atomic mass is 32.2. The fourth-order valence-electron chi connectivity index (χ4n) is 4.10. The van der Waals surface area contributed by atoms with E-state index in [9.17, 15) is 22.0 Å². The van der Waals surface area contributed by atoms with Gasteiger partial charge >= 0.3 is 0 Å². The average Bonchev–Trinajstić information content (AvgIpc) is 3.54. The van der Waals surface area contributed by atoms with Gasteiger partial charge < -0.3 is 5.32 Å². The van der Waals surface area contributed by atoms with Gasteiger partial charge in [-0.1, -0.05) is 23.5 Å². The van der Waals surface area contributed by atoms with Gasteiger partial charge in [-0.3, -0.25) is 14.4 Å². The molecule has 0 unspecified atom stereocenters. The molecule has 0 spiro atoms. The van der Waals surface area contributed by atoms with E-state index in [0.717, 1.165) is 29.5 Å². The van der Waals surface area contributed by atoms with Crippen molar-refractivity contribution in [2.75, 3.05) is 28.5 Å². The zero-order chi connectivity index (χ0) is 27.9. The molecule has 14 heteroatoms. The van der Waals surface area contributed by atoms with Crippen LogP contribution in [0.1, 0.15) is 18.4 Å². The molecule has 39 heavy (non-hydrogen) atoms. The van der Waals surface area contributed by atoms with Gasteiger partial charge in [-0.2, -0.15) is 0 Å². The number of thiazole rings is 1. The van der Waals surface area contributed by atoms with Crippen molar-refractivity contribution in [3.63, 3.8) is 0 Å². The Morgan fingerprint density at radius 2 is 1.85 bits per heavy atom. The van der Waals surface area contributed by atoms with E-state index in [1.165, 1.54) is 30.2 Å². The number of hydrogen-bond acceptors (Lipinski definition) is 8. The Hall–Kier alpha value is -4.04. The van der Waals surface area contributed by atoms with Crippen LogP contribution >= 0.6 is 11.3 Å². The van der Waals surface area contributed by atoms with Crippen molar-refractivity contribution < 1.29 is 26.4 Å². The molecule has 0 radical (unpaired) electrons. The van der Waals surface area contributed by atoms with Gasteiger partial charge in [-0.25, -0.2) is 36.5 Å². The van der Waals surface area contributed by atoms with Crippen molar-refractivity contribution >= 4 is 44.0 Å². The van der Waals surface area contributed by atoms with Gasteiger partial charge in [0, 0.05) is 31.8 Å². The van der Waals surface area contributed by atoms with E-state index >= 15 is 4.39 Å². The third kappa shape index (κ3) is 4.92. The molecule has 5 rings (SSSR count). The van der Waals surface area contributed by atoms with Crippen LogP contribution in [0.3, 0.4) is 0 Å². The van der Waals surface area contributed by atoms with Gasteiger partial charge in [0.05, 0.1) is 22.0 Å². The number of aromatic nitrogens is 3. The first-order chi connectivity index (χ1) is 18.6. The van der Waals surface area contributed by atoms with Crippen LogP contribution in [0.4, 0.5) is 29.9 Å². The lowest BCUT2D eigenvalue weighted by molar-refractivity contribution is -0.117. The summed E-state index contributed by atoms with van der Waals surface area (Å²) in [5, 5.41) is 3.16. The molecule has 1 aliphatic heterocycles. The van der Waals surface area contributed by atoms with Gasteiger partial charge in [0.25, 0.3) is 10.0 Å². The molecule has 202 valence electrons. The predicted molar refractivity (Wildman–Crippen MR) is 142 cm³/mol. The zero-order valence-corrected chi connectivity index (χ0v) is 22.3. The molecule has 0 bridgehead atoms. The standard InChI is InChI=1S/C25H21F3N6O3S2/c1-13-8-9-15(26)23(19(13)27)39(36,37)33-16-6-3-5-14(20(16)28)21-22(17-10-11-30-24(29-2)31-17)38-25(32-21)34-12-4-7-18(34)35/h3,5-6,8-11,33H,4,7,12H2,1-2H3,(H,29,30,31). The molecule has 2 aromatic heterocycles. The lowest BCUT2D eigenvalue weighted by Gasteiger charge is -2.13. The summed E-state index contributed by atoms with van der Waals surface area (Å²) >= 11 is 1.13. The number of carbonyl (C=O) groups excluding carboxylic acids is 1. The van der Waals surface area contributed by atoms with Crippen LogP contribution < -0.4 is 14.9 Å². The molecule has 1 fully saturated rings. The van der Waals surface area contributed by atoms with Crippen molar-refractivity contribution in [2.45, 2.75) is 24.7 Å². The van der Waals surface area contributed by atoms with Crippen LogP contribution in [0.5, 0.6) is 0 Å². The second kappa shape index (κ2) is 10.3. The van der Waals surface area contributed by atoms with Gasteiger partial charge in [-0.05, 0) is 43.2 Å². The molecule has 2 N–H and O–H groups in total. The maximum atomic E-state index is 15.9. The van der Waals surface area contributed by atoms with Crippen LogP contribution in [0.25, 0.3) is 21.8 Å². The number of amides is 1. The molecule has 1 amide bonds. The van der Waals surface area contributed by atoms with E-state index in [4.69, 9.17) is 0 Å². The summed E-state index contributed by atoms with van der Waals surface area (Å²) in [7, 11) is -3.21. The number of nitrogens with one attached hydrogen (secondary N) is 2. The third-order valence-electron chi connectivity index (χ3n) is 6.04. The smallest absolute Gasteiger partial charge is 0.267 e. The van der Waals surface area contributed by atoms with Crippen LogP contribution in [-0.4, -0.2) is 42.9 Å². The maximum absolute atomic E-state index is 15.9. The van der Waals surface area contributed by atoms with Crippen LogP contribution in [0.2, 0.25) is 0 Å². The first-order valence-corrected chi connectivity index (χ1v) is 14.0. The van der Waals surface area contributed by atoms with Gasteiger partial charge in [0.15, 0.2) is 15.8 Å². The van der Waals surface area contributed by atoms with E-state index < -0.39 is 38.1 Å². The Morgan fingerprint density at radius 1 is 1.05 bits per heavy atom. The van der Waals surface area contributed by atoms with Crippen molar-refractivity contribution in [2.24, 2.45) is 0 Å². The number of nitrogens with zero attached hydrogens (tertiary/aromatic N) is 4. The summed E-state index contributed by atoms with van der Waals surface area (Å²) in [6.45, 7) is 1.74. The van der Waals surface area contributed by atoms with Gasteiger partial charge in [0.2, 0.25) is 11.9 Å². The minimum Gasteiger partial charge on any atom is -0.357 e. The number of anilines is 3. The highest BCUT2D eigenvalue weighted by Crippen LogP contribution is 2.42. The molecule has 3 heterocycles. The highest BCUT2D eigenvalue weighted by Gasteiger charge is 2.30.